The van der Waals surface area contributed by atoms with Gasteiger partial charge < -0.3 is 5.43 Å². The lowest BCUT2D eigenvalue weighted by molar-refractivity contribution is 0.598. The predicted octanol–water partition coefficient (Wildman–Crippen LogP) is -0.599. The quantitative estimate of drug-likeness (QED) is 0.358. The molecule has 1 rings (SSSR count). The van der Waals surface area contributed by atoms with Gasteiger partial charge in [0.05, 0.1) is 14.7 Å². The van der Waals surface area contributed by atoms with Crippen molar-refractivity contribution in [2.45, 2.75) is 0 Å². The van der Waals surface area contributed by atoms with Gasteiger partial charge in [-0.15, -0.1) is 5.53 Å². The highest BCUT2D eigenvalue weighted by Gasteiger charge is 1.95. The summed E-state index contributed by atoms with van der Waals surface area (Å²) in [6.07, 6.45) is 1.68. The Morgan fingerprint density at radius 2 is 2.62 bits per heavy atom. The third-order valence-corrected chi connectivity index (χ3v) is 0.968. The van der Waals surface area contributed by atoms with E-state index in [9.17, 15) is 0 Å². The molecule has 5 nitrogen and oxygen atoms in total. The smallest absolute Gasteiger partial charge is 0.164 e. The van der Waals surface area contributed by atoms with Crippen LogP contribution in [0.4, 0.5) is 0 Å². The van der Waals surface area contributed by atoms with Crippen molar-refractivity contribution in [1.82, 2.24) is 16.4 Å². The molecule has 0 saturated heterocycles. The van der Waals surface area contributed by atoms with E-state index < -0.39 is 0 Å². The molecule has 6 heteroatoms. The minimum Gasteiger partial charge on any atom is -0.308 e. The molecule has 0 bridgehead atoms. The molecule has 1 heterocycles. The normalized spacial score (nSPS) is 17.9. The topological polar surface area (TPSA) is 74.5 Å². The number of nitrogens with two attached hydrogens (primary N) is 1. The van der Waals surface area contributed by atoms with Crippen molar-refractivity contribution in [2.24, 2.45) is 10.2 Å². The van der Waals surface area contributed by atoms with Crippen LogP contribution in [0.5, 0.6) is 0 Å². The summed E-state index contributed by atoms with van der Waals surface area (Å²) in [4.78, 5) is 0. The molecule has 0 unspecified atom stereocenters. The van der Waals surface area contributed by atoms with Crippen LogP contribution in [0.1, 0.15) is 0 Å². The van der Waals surface area contributed by atoms with Crippen molar-refractivity contribution in [1.29, 1.82) is 0 Å². The molecule has 0 aromatic rings. The second kappa shape index (κ2) is 2.61. The van der Waals surface area contributed by atoms with Crippen molar-refractivity contribution in [2.75, 3.05) is 0 Å². The van der Waals surface area contributed by atoms with Gasteiger partial charge in [0.15, 0.2) is 5.82 Å². The first kappa shape index (κ1) is 5.50. The number of hydrogen-bond donors (Lipinski definition) is 4. The first-order chi connectivity index (χ1) is 3.93. The van der Waals surface area contributed by atoms with E-state index in [1.165, 1.54) is 0 Å². The highest BCUT2D eigenvalue weighted by atomic mass is 31.1. The molecule has 5 N–H and O–H groups in total. The Labute approximate surface area is 48.2 Å². The molecule has 1 aliphatic rings. The Hall–Kier alpha value is -0.640. The maximum absolute atomic E-state index is 5.08. The first-order valence-corrected chi connectivity index (χ1v) is 2.93. The fourth-order valence-electron chi connectivity index (χ4n) is 0.357. The molecule has 0 spiro atoms. The number of rotatable bonds is 1. The zero-order valence-corrected chi connectivity index (χ0v) is 4.94. The maximum Gasteiger partial charge on any atom is 0.164 e. The molecule has 0 aromatic heterocycles. The van der Waals surface area contributed by atoms with Gasteiger partial charge in [0.2, 0.25) is 0 Å². The molecular formula is C2H6N5P. The van der Waals surface area contributed by atoms with Gasteiger partial charge in [-0.3, -0.25) is 10.9 Å². The molecule has 0 aliphatic carbocycles. The van der Waals surface area contributed by atoms with Gasteiger partial charge in [0, 0.05) is 0 Å². The SMILES string of the molecule is NP=NC1=CNNN1. The van der Waals surface area contributed by atoms with E-state index in [2.05, 4.69) is 21.1 Å². The van der Waals surface area contributed by atoms with Crippen molar-refractivity contribution < 1.29 is 0 Å². The zero-order chi connectivity index (χ0) is 5.82. The molecule has 0 radical (unpaired) electrons. The minimum absolute atomic E-state index is 0.510. The Bertz CT molecular complexity index is 128. The van der Waals surface area contributed by atoms with Gasteiger partial charge in [-0.05, 0) is 0 Å². The van der Waals surface area contributed by atoms with Crippen LogP contribution < -0.4 is 21.9 Å². The van der Waals surface area contributed by atoms with Gasteiger partial charge >= 0.3 is 0 Å². The monoisotopic (exact) mass is 131 g/mol. The molecule has 44 valence electrons. The molecule has 8 heavy (non-hydrogen) atoms. The van der Waals surface area contributed by atoms with E-state index in [1.54, 1.807) is 6.20 Å². The summed E-state index contributed by atoms with van der Waals surface area (Å²) in [5.41, 5.74) is 13.1. The van der Waals surface area contributed by atoms with Crippen LogP contribution in [0, 0.1) is 0 Å². The Morgan fingerprint density at radius 1 is 1.75 bits per heavy atom. The molecule has 0 aromatic carbocycles. The molecule has 1 aliphatic heterocycles. The molecule has 0 amide bonds. The standard InChI is InChI=1S/C2H6N5P/c3-8-6-2-1-4-7-5-2/h1,4-5,7H,(H2,3,6). The summed E-state index contributed by atoms with van der Waals surface area (Å²) in [6, 6.07) is 0. The van der Waals surface area contributed by atoms with Crippen LogP contribution in [-0.2, 0) is 0 Å². The van der Waals surface area contributed by atoms with Crippen molar-refractivity contribution >= 4 is 8.52 Å². The summed E-state index contributed by atoms with van der Waals surface area (Å²) in [7, 11) is 0.510. The van der Waals surface area contributed by atoms with Gasteiger partial charge in [0.1, 0.15) is 0 Å². The summed E-state index contributed by atoms with van der Waals surface area (Å²) in [6.45, 7) is 0. The lowest BCUT2D eigenvalue weighted by atomic mass is 10.8. The lowest BCUT2D eigenvalue weighted by Gasteiger charge is -1.91. The maximum atomic E-state index is 5.08. The van der Waals surface area contributed by atoms with Crippen LogP contribution in [-0.4, -0.2) is 0 Å². The highest BCUT2D eigenvalue weighted by Crippen LogP contribution is 1.96. The highest BCUT2D eigenvalue weighted by molar-refractivity contribution is 7.23. The molecular weight excluding hydrogens is 125 g/mol. The molecule has 0 fully saturated rings. The molecule has 0 saturated carbocycles. The summed E-state index contributed by atoms with van der Waals surface area (Å²) >= 11 is 0. The van der Waals surface area contributed by atoms with E-state index in [4.69, 9.17) is 5.50 Å². The second-order valence-electron chi connectivity index (χ2n) is 1.14. The van der Waals surface area contributed by atoms with Crippen LogP contribution in [0.2, 0.25) is 0 Å². The zero-order valence-electron chi connectivity index (χ0n) is 4.05. The minimum atomic E-state index is 0.510. The average molecular weight is 131 g/mol. The molecule has 0 atom stereocenters. The number of hydrogen-bond acceptors (Lipinski definition) is 4. The van der Waals surface area contributed by atoms with E-state index in [0.717, 1.165) is 0 Å². The third-order valence-electron chi connectivity index (χ3n) is 0.637. The van der Waals surface area contributed by atoms with E-state index >= 15 is 0 Å². The number of nitrogens with one attached hydrogen (secondary N) is 3. The Kier molecular flexibility index (Phi) is 1.80. The van der Waals surface area contributed by atoms with Gasteiger partial charge in [-0.1, -0.05) is 0 Å². The van der Waals surface area contributed by atoms with Crippen molar-refractivity contribution in [3.8, 4) is 0 Å². The van der Waals surface area contributed by atoms with Crippen LogP contribution >= 0.6 is 8.52 Å². The summed E-state index contributed by atoms with van der Waals surface area (Å²) in [5.74, 6) is 0.717. The van der Waals surface area contributed by atoms with Crippen LogP contribution in [0.3, 0.4) is 0 Å². The fraction of sp³-hybridized carbons (Fsp3) is 0. The number of nitrogens with zero attached hydrogens (tertiary/aromatic N) is 1. The van der Waals surface area contributed by atoms with Crippen molar-refractivity contribution in [3.63, 3.8) is 0 Å². The predicted molar refractivity (Wildman–Crippen MR) is 31.0 cm³/mol. The largest absolute Gasteiger partial charge is 0.308 e. The van der Waals surface area contributed by atoms with E-state index in [-0.39, 0.29) is 0 Å². The average Bonchev–Trinajstić information content (AvgIpc) is 2.19. The first-order valence-electron chi connectivity index (χ1n) is 2.01. The lowest BCUT2D eigenvalue weighted by Crippen LogP contribution is -2.31. The van der Waals surface area contributed by atoms with Crippen molar-refractivity contribution in [3.05, 3.63) is 12.0 Å². The third kappa shape index (κ3) is 1.16. The Balaban J connectivity index is 2.45. The fourth-order valence-corrected chi connectivity index (χ4v) is 0.589. The van der Waals surface area contributed by atoms with Crippen LogP contribution in [0.15, 0.2) is 16.8 Å². The Morgan fingerprint density at radius 3 is 3.12 bits per heavy atom. The number of hydrazine groups is 2. The van der Waals surface area contributed by atoms with Crippen LogP contribution in [0.25, 0.3) is 0 Å². The van der Waals surface area contributed by atoms with E-state index in [1.807, 2.05) is 0 Å². The van der Waals surface area contributed by atoms with Gasteiger partial charge in [0.25, 0.3) is 0 Å². The van der Waals surface area contributed by atoms with Gasteiger partial charge in [-0.2, -0.15) is 4.74 Å². The summed E-state index contributed by atoms with van der Waals surface area (Å²) in [5, 5.41) is 0. The van der Waals surface area contributed by atoms with Gasteiger partial charge in [-0.25, -0.2) is 0 Å². The van der Waals surface area contributed by atoms with E-state index in [0.29, 0.717) is 14.3 Å². The summed E-state index contributed by atoms with van der Waals surface area (Å²) < 4.78 is 3.80. The second-order valence-corrected chi connectivity index (χ2v) is 1.57.